The molecule has 8 aromatic rings. The Hall–Kier alpha value is -7.54. The average molecular weight is 754 g/mol. The van der Waals surface area contributed by atoms with Crippen LogP contribution in [0.5, 0.6) is 5.75 Å². The van der Waals surface area contributed by atoms with E-state index in [4.69, 9.17) is 9.15 Å². The van der Waals surface area contributed by atoms with Gasteiger partial charge in [0.2, 0.25) is 0 Å². The van der Waals surface area contributed by atoms with Crippen molar-refractivity contribution in [3.8, 4) is 39.8 Å². The molecule has 2 aliphatic carbocycles. The number of hydrogen-bond acceptors (Lipinski definition) is 3. The third-order valence-electron chi connectivity index (χ3n) is 13.4. The summed E-state index contributed by atoms with van der Waals surface area (Å²) < 4.78 is 13.2. The zero-order valence-corrected chi connectivity index (χ0v) is 32.1. The predicted molar refractivity (Wildman–Crippen MR) is 239 cm³/mol. The quantitative estimate of drug-likeness (QED) is 0.164. The van der Waals surface area contributed by atoms with Crippen LogP contribution in [0.3, 0.4) is 0 Å². The molecule has 3 aliphatic heterocycles. The van der Waals surface area contributed by atoms with Gasteiger partial charge in [-0.2, -0.15) is 0 Å². The van der Waals surface area contributed by atoms with Gasteiger partial charge >= 0.3 is 0 Å². The van der Waals surface area contributed by atoms with Crippen molar-refractivity contribution in [1.82, 2.24) is 0 Å². The number of rotatable bonds is 2. The molecule has 0 bridgehead atoms. The van der Waals surface area contributed by atoms with E-state index in [0.717, 1.165) is 55.7 Å². The highest BCUT2D eigenvalue weighted by atomic mass is 16.5. The number of hydrogen-bond donors (Lipinski definition) is 0. The van der Waals surface area contributed by atoms with Gasteiger partial charge in [-0.1, -0.05) is 152 Å². The number of ether oxygens (including phenoxy) is 1. The van der Waals surface area contributed by atoms with Crippen molar-refractivity contribution in [1.29, 1.82) is 0 Å². The molecule has 1 aromatic heterocycles. The van der Waals surface area contributed by atoms with Gasteiger partial charge in [0.15, 0.2) is 0 Å². The Morgan fingerprint density at radius 1 is 0.712 bits per heavy atom. The van der Waals surface area contributed by atoms with Crippen LogP contribution in [0.15, 0.2) is 198 Å². The van der Waals surface area contributed by atoms with E-state index in [1.807, 2.05) is 18.2 Å². The Morgan fingerprint density at radius 3 is 2.41 bits per heavy atom. The molecule has 0 radical (unpaired) electrons. The van der Waals surface area contributed by atoms with Gasteiger partial charge in [0, 0.05) is 45.6 Å². The molecule has 0 N–H and O–H groups in total. The van der Waals surface area contributed by atoms with E-state index >= 15 is 0 Å². The second-order valence-corrected chi connectivity index (χ2v) is 16.1. The van der Waals surface area contributed by atoms with E-state index in [1.165, 1.54) is 55.9 Å². The largest absolute Gasteiger partial charge is 0.460 e. The lowest BCUT2D eigenvalue weighted by Crippen LogP contribution is -2.48. The molecule has 0 saturated heterocycles. The number of furan rings is 1. The maximum Gasteiger partial charge on any atom is 0.143 e. The highest BCUT2D eigenvalue weighted by molar-refractivity contribution is 6.10. The fraction of sp³-hybridized carbons (Fsp3) is 0.0714. The molecule has 0 amide bonds. The van der Waals surface area contributed by atoms with Gasteiger partial charge in [-0.25, -0.2) is 0 Å². The fourth-order valence-corrected chi connectivity index (χ4v) is 11.1. The zero-order valence-electron chi connectivity index (χ0n) is 32.1. The van der Waals surface area contributed by atoms with E-state index in [9.17, 15) is 0 Å². The summed E-state index contributed by atoms with van der Waals surface area (Å²) in [6, 6.07) is 55.4. The Balaban J connectivity index is 1.11. The monoisotopic (exact) mass is 753 g/mol. The average Bonchev–Trinajstić information content (AvgIpc) is 4.05. The standard InChI is InChI=1S/C56H35NO2/c1-2-3-15-37(53-33-36-14-4-10-25-51(36)58-53)34-27-29-39-40-30-28-35(38-18-12-20-44-42-17-6-11-26-52(42)59-55(38)44)32-48(40)56(47(39)31-34)45-21-7-9-24-50(45)57-49-23-8-5-16-41(49)43-19-13-22-46(56)54(43)57/h2,4-14,16-32,43,54H,1,33H2/b53-37-/t43?,54-,56?/m0/s1. The molecule has 3 nitrogen and oxygen atoms in total. The molecule has 5 aliphatic rings. The number of para-hydroxylation sites is 5. The van der Waals surface area contributed by atoms with Crippen molar-refractivity contribution in [2.75, 3.05) is 4.90 Å². The minimum absolute atomic E-state index is 0.100. The first-order chi connectivity index (χ1) is 29.2. The molecule has 4 heterocycles. The molecule has 7 aromatic carbocycles. The summed E-state index contributed by atoms with van der Waals surface area (Å²) in [5, 5.41) is 2.26. The van der Waals surface area contributed by atoms with Crippen molar-refractivity contribution >= 4 is 38.9 Å². The Labute approximate surface area is 342 Å². The van der Waals surface area contributed by atoms with Gasteiger partial charge in [0.1, 0.15) is 22.7 Å². The molecule has 2 unspecified atom stereocenters. The van der Waals surface area contributed by atoms with Gasteiger partial charge in [0.25, 0.3) is 0 Å². The Morgan fingerprint density at radius 2 is 1.49 bits per heavy atom. The topological polar surface area (TPSA) is 25.6 Å². The lowest BCUT2D eigenvalue weighted by molar-refractivity contribution is 0.450. The number of fused-ring (bicyclic) bond motifs is 16. The van der Waals surface area contributed by atoms with Crippen molar-refractivity contribution in [3.05, 3.63) is 227 Å². The van der Waals surface area contributed by atoms with Gasteiger partial charge in [-0.15, -0.1) is 0 Å². The van der Waals surface area contributed by atoms with Crippen molar-refractivity contribution < 1.29 is 9.15 Å². The lowest BCUT2D eigenvalue weighted by Gasteiger charge is -2.50. The third kappa shape index (κ3) is 4.28. The summed E-state index contributed by atoms with van der Waals surface area (Å²) in [6.45, 7) is 3.96. The summed E-state index contributed by atoms with van der Waals surface area (Å²) in [6.07, 6.45) is 9.48. The van der Waals surface area contributed by atoms with E-state index in [0.29, 0.717) is 6.42 Å². The minimum atomic E-state index is -0.609. The van der Waals surface area contributed by atoms with Crippen LogP contribution in [-0.2, 0) is 11.8 Å². The van der Waals surface area contributed by atoms with Gasteiger partial charge in [0.05, 0.1) is 17.0 Å². The molecule has 276 valence electrons. The van der Waals surface area contributed by atoms with Crippen molar-refractivity contribution in [2.45, 2.75) is 23.8 Å². The first-order valence-corrected chi connectivity index (χ1v) is 20.4. The van der Waals surface area contributed by atoms with Crippen LogP contribution >= 0.6 is 0 Å². The number of nitrogens with zero attached hydrogens (tertiary/aromatic N) is 1. The first kappa shape index (κ1) is 32.5. The summed E-state index contributed by atoms with van der Waals surface area (Å²) in [5.74, 6) is 8.64. The number of allylic oxidation sites excluding steroid dienone is 5. The fourth-order valence-electron chi connectivity index (χ4n) is 11.1. The van der Waals surface area contributed by atoms with E-state index < -0.39 is 5.41 Å². The first-order valence-electron chi connectivity index (χ1n) is 20.4. The molecule has 1 spiro atoms. The Kier molecular flexibility index (Phi) is 6.61. The van der Waals surface area contributed by atoms with Gasteiger partial charge < -0.3 is 14.1 Å². The normalized spacial score (nSPS) is 20.5. The van der Waals surface area contributed by atoms with E-state index in [1.54, 1.807) is 6.08 Å². The van der Waals surface area contributed by atoms with E-state index in [-0.39, 0.29) is 12.0 Å². The van der Waals surface area contributed by atoms with Crippen LogP contribution < -0.4 is 9.64 Å². The molecule has 0 saturated carbocycles. The molecule has 0 fully saturated rings. The summed E-state index contributed by atoms with van der Waals surface area (Å²) in [7, 11) is 0. The highest BCUT2D eigenvalue weighted by Crippen LogP contribution is 2.67. The SMILES string of the molecule is C=CC#C/C(=C1\Cc2ccccc2O1)c1ccc2c(c1)C1(C3=CC=CC4c5ccccc5N(c5ccccc51)[C@H]34)c1cc(-c3cccc4c3oc3ccccc34)ccc1-2. The molecule has 59 heavy (non-hydrogen) atoms. The maximum absolute atomic E-state index is 6.65. The molecular weight excluding hydrogens is 719 g/mol. The summed E-state index contributed by atoms with van der Waals surface area (Å²) >= 11 is 0. The maximum atomic E-state index is 6.65. The highest BCUT2D eigenvalue weighted by Gasteiger charge is 2.58. The van der Waals surface area contributed by atoms with Gasteiger partial charge in [-0.05, 0) is 92.6 Å². The minimum Gasteiger partial charge on any atom is -0.460 e. The van der Waals surface area contributed by atoms with Crippen LogP contribution in [0.25, 0.3) is 49.8 Å². The predicted octanol–water partition coefficient (Wildman–Crippen LogP) is 13.2. The van der Waals surface area contributed by atoms with Crippen LogP contribution in [0.1, 0.15) is 39.3 Å². The summed E-state index contributed by atoms with van der Waals surface area (Å²) in [5.41, 5.74) is 18.1. The van der Waals surface area contributed by atoms with Crippen LogP contribution in [0, 0.1) is 11.8 Å². The molecular formula is C56H35NO2. The van der Waals surface area contributed by atoms with Gasteiger partial charge in [-0.3, -0.25) is 0 Å². The summed E-state index contributed by atoms with van der Waals surface area (Å²) in [4.78, 5) is 2.61. The molecule has 3 heteroatoms. The van der Waals surface area contributed by atoms with Crippen LogP contribution in [0.4, 0.5) is 11.4 Å². The van der Waals surface area contributed by atoms with Crippen molar-refractivity contribution in [3.63, 3.8) is 0 Å². The van der Waals surface area contributed by atoms with Crippen LogP contribution in [-0.4, -0.2) is 6.04 Å². The second-order valence-electron chi connectivity index (χ2n) is 16.1. The zero-order chi connectivity index (χ0) is 38.8. The second kappa shape index (κ2) is 12.0. The van der Waals surface area contributed by atoms with E-state index in [2.05, 4.69) is 175 Å². The number of benzene rings is 7. The molecule has 3 atom stereocenters. The smallest absolute Gasteiger partial charge is 0.143 e. The lowest BCUT2D eigenvalue weighted by atomic mass is 9.60. The van der Waals surface area contributed by atoms with Crippen molar-refractivity contribution in [2.24, 2.45) is 0 Å². The Bertz CT molecular complexity index is 3320. The number of anilines is 2. The molecule has 13 rings (SSSR count). The third-order valence-corrected chi connectivity index (χ3v) is 13.4. The van der Waals surface area contributed by atoms with Crippen LogP contribution in [0.2, 0.25) is 0 Å².